The maximum absolute atomic E-state index is 13.1. The topological polar surface area (TPSA) is 64.4 Å². The molecule has 2 heterocycles. The van der Waals surface area contributed by atoms with Crippen LogP contribution in [0, 0.1) is 0 Å². The van der Waals surface area contributed by atoms with Gasteiger partial charge in [-0.1, -0.05) is 48.5 Å². The third kappa shape index (κ3) is 4.38. The second-order valence-corrected chi connectivity index (χ2v) is 8.69. The molecule has 1 aliphatic heterocycles. The maximum atomic E-state index is 13.1. The molecule has 4 aromatic rings. The molecule has 1 saturated heterocycles. The number of benzene rings is 3. The van der Waals surface area contributed by atoms with Gasteiger partial charge in [-0.25, -0.2) is 4.68 Å². The summed E-state index contributed by atoms with van der Waals surface area (Å²) < 4.78 is 7.05. The Morgan fingerprint density at radius 3 is 2.26 bits per heavy atom. The fraction of sp³-hybridized carbons (Fsp3) is 0.0741. The molecule has 7 heteroatoms. The molecule has 0 radical (unpaired) electrons. The van der Waals surface area contributed by atoms with E-state index in [1.807, 2.05) is 91.1 Å². The predicted octanol–water partition coefficient (Wildman–Crippen LogP) is 5.78. The number of imide groups is 1. The fourth-order valence-corrected chi connectivity index (χ4v) is 4.55. The minimum atomic E-state index is -0.299. The van der Waals surface area contributed by atoms with Crippen LogP contribution in [0.2, 0.25) is 0 Å². The highest BCUT2D eigenvalue weighted by Crippen LogP contribution is 2.35. The molecule has 0 N–H and O–H groups in total. The maximum Gasteiger partial charge on any atom is 0.293 e. The van der Waals surface area contributed by atoms with Crippen LogP contribution in [0.25, 0.3) is 23.0 Å². The van der Waals surface area contributed by atoms with E-state index in [2.05, 4.69) is 0 Å². The molecule has 6 nitrogen and oxygen atoms in total. The minimum Gasteiger partial charge on any atom is -0.497 e. The molecule has 0 unspecified atom stereocenters. The van der Waals surface area contributed by atoms with E-state index in [-0.39, 0.29) is 17.7 Å². The number of carbonyl (C=O) groups excluding carboxylic acids is 2. The van der Waals surface area contributed by atoms with Gasteiger partial charge in [0.2, 0.25) is 0 Å². The lowest BCUT2D eigenvalue weighted by Gasteiger charge is -2.12. The fourth-order valence-electron chi connectivity index (χ4n) is 3.72. The molecule has 0 saturated carbocycles. The standard InChI is InChI=1S/C27H21N3O3S/c1-33-23-14-12-20(13-15-23)25-21(18-30(28-25)22-10-6-3-7-11-22)16-24-26(31)29(27(32)34-24)17-19-8-4-2-5-9-19/h2-16,18H,17H2,1H3/b24-16-. The molecule has 0 spiro atoms. The molecular formula is C27H21N3O3S. The summed E-state index contributed by atoms with van der Waals surface area (Å²) in [7, 11) is 1.62. The molecule has 34 heavy (non-hydrogen) atoms. The number of thioether (sulfide) groups is 1. The summed E-state index contributed by atoms with van der Waals surface area (Å²) >= 11 is 0.952. The number of methoxy groups -OCH3 is 1. The van der Waals surface area contributed by atoms with E-state index in [4.69, 9.17) is 9.84 Å². The number of hydrogen-bond acceptors (Lipinski definition) is 5. The van der Waals surface area contributed by atoms with Gasteiger partial charge in [-0.2, -0.15) is 5.10 Å². The lowest BCUT2D eigenvalue weighted by atomic mass is 10.1. The van der Waals surface area contributed by atoms with Crippen molar-refractivity contribution in [1.82, 2.24) is 14.7 Å². The summed E-state index contributed by atoms with van der Waals surface area (Å²) in [5.41, 5.74) is 4.14. The lowest BCUT2D eigenvalue weighted by molar-refractivity contribution is -0.123. The Morgan fingerprint density at radius 2 is 1.59 bits per heavy atom. The average Bonchev–Trinajstić information content (AvgIpc) is 3.42. The molecule has 3 aromatic carbocycles. The highest BCUT2D eigenvalue weighted by Gasteiger charge is 2.35. The molecule has 1 aromatic heterocycles. The van der Waals surface area contributed by atoms with Crippen molar-refractivity contribution < 1.29 is 14.3 Å². The first-order valence-electron chi connectivity index (χ1n) is 10.7. The molecule has 5 rings (SSSR count). The molecular weight excluding hydrogens is 446 g/mol. The summed E-state index contributed by atoms with van der Waals surface area (Å²) in [4.78, 5) is 27.4. The van der Waals surface area contributed by atoms with E-state index in [1.165, 1.54) is 4.90 Å². The van der Waals surface area contributed by atoms with Crippen LogP contribution in [0.4, 0.5) is 4.79 Å². The minimum absolute atomic E-state index is 0.247. The number of ether oxygens (including phenoxy) is 1. The van der Waals surface area contributed by atoms with Crippen LogP contribution in [0.5, 0.6) is 5.75 Å². The number of nitrogens with zero attached hydrogens (tertiary/aromatic N) is 3. The SMILES string of the molecule is COc1ccc(-c2nn(-c3ccccc3)cc2/C=C2\SC(=O)N(Cc3ccccc3)C2=O)cc1. The Kier molecular flexibility index (Phi) is 6.01. The highest BCUT2D eigenvalue weighted by atomic mass is 32.2. The first kappa shape index (κ1) is 21.7. The monoisotopic (exact) mass is 467 g/mol. The van der Waals surface area contributed by atoms with E-state index in [0.717, 1.165) is 39.9 Å². The summed E-state index contributed by atoms with van der Waals surface area (Å²) in [6, 6.07) is 26.8. The van der Waals surface area contributed by atoms with Crippen molar-refractivity contribution in [2.45, 2.75) is 6.54 Å². The Morgan fingerprint density at radius 1 is 0.912 bits per heavy atom. The van der Waals surface area contributed by atoms with Crippen molar-refractivity contribution in [2.24, 2.45) is 0 Å². The molecule has 1 aliphatic rings. The number of para-hydroxylation sites is 1. The Balaban J connectivity index is 1.52. The van der Waals surface area contributed by atoms with Gasteiger partial charge >= 0.3 is 0 Å². The van der Waals surface area contributed by atoms with Crippen molar-refractivity contribution in [3.63, 3.8) is 0 Å². The number of rotatable bonds is 6. The third-order valence-corrected chi connectivity index (χ3v) is 6.38. The van der Waals surface area contributed by atoms with Crippen LogP contribution in [0.1, 0.15) is 11.1 Å². The smallest absolute Gasteiger partial charge is 0.293 e. The Hall–Kier alpha value is -4.10. The van der Waals surface area contributed by atoms with E-state index >= 15 is 0 Å². The van der Waals surface area contributed by atoms with Crippen LogP contribution >= 0.6 is 11.8 Å². The lowest BCUT2D eigenvalue weighted by Crippen LogP contribution is -2.27. The van der Waals surface area contributed by atoms with Crippen molar-refractivity contribution in [3.05, 3.63) is 107 Å². The third-order valence-electron chi connectivity index (χ3n) is 5.47. The van der Waals surface area contributed by atoms with Crippen LogP contribution in [-0.2, 0) is 11.3 Å². The zero-order valence-electron chi connectivity index (χ0n) is 18.4. The zero-order chi connectivity index (χ0) is 23.5. The van der Waals surface area contributed by atoms with Gasteiger partial charge in [-0.05, 0) is 59.8 Å². The van der Waals surface area contributed by atoms with E-state index in [9.17, 15) is 9.59 Å². The van der Waals surface area contributed by atoms with E-state index < -0.39 is 0 Å². The summed E-state index contributed by atoms with van der Waals surface area (Å²) in [6.45, 7) is 0.247. The normalized spacial score (nSPS) is 14.7. The van der Waals surface area contributed by atoms with Crippen LogP contribution in [0.15, 0.2) is 96.0 Å². The first-order valence-corrected chi connectivity index (χ1v) is 11.5. The van der Waals surface area contributed by atoms with Crippen molar-refractivity contribution in [2.75, 3.05) is 7.11 Å². The van der Waals surface area contributed by atoms with Crippen LogP contribution in [0.3, 0.4) is 0 Å². The quantitative estimate of drug-likeness (QED) is 0.336. The molecule has 1 fully saturated rings. The number of amides is 2. The van der Waals surface area contributed by atoms with Gasteiger partial charge in [0.25, 0.3) is 11.1 Å². The van der Waals surface area contributed by atoms with Gasteiger partial charge in [0, 0.05) is 17.3 Å². The van der Waals surface area contributed by atoms with Crippen molar-refractivity contribution >= 4 is 29.0 Å². The Bertz CT molecular complexity index is 1360. The second-order valence-electron chi connectivity index (χ2n) is 7.70. The molecule has 168 valence electrons. The number of aromatic nitrogens is 2. The van der Waals surface area contributed by atoms with E-state index in [0.29, 0.717) is 10.6 Å². The molecule has 0 bridgehead atoms. The molecule has 0 aliphatic carbocycles. The molecule has 2 amide bonds. The second kappa shape index (κ2) is 9.41. The largest absolute Gasteiger partial charge is 0.497 e. The van der Waals surface area contributed by atoms with Gasteiger partial charge in [-0.15, -0.1) is 0 Å². The first-order chi connectivity index (χ1) is 16.6. The van der Waals surface area contributed by atoms with Crippen molar-refractivity contribution in [3.8, 4) is 22.7 Å². The number of hydrogen-bond donors (Lipinski definition) is 0. The van der Waals surface area contributed by atoms with Gasteiger partial charge < -0.3 is 4.74 Å². The van der Waals surface area contributed by atoms with Gasteiger partial charge in [0.1, 0.15) is 5.75 Å². The van der Waals surface area contributed by atoms with Gasteiger partial charge in [0.15, 0.2) is 0 Å². The van der Waals surface area contributed by atoms with Gasteiger partial charge in [-0.3, -0.25) is 14.5 Å². The summed E-state index contributed by atoms with van der Waals surface area (Å²) in [5.74, 6) is 0.446. The summed E-state index contributed by atoms with van der Waals surface area (Å²) in [6.07, 6.45) is 3.63. The Labute approximate surface area is 201 Å². The zero-order valence-corrected chi connectivity index (χ0v) is 19.2. The summed E-state index contributed by atoms with van der Waals surface area (Å²) in [5, 5.41) is 4.51. The highest BCUT2D eigenvalue weighted by molar-refractivity contribution is 8.18. The number of carbonyl (C=O) groups is 2. The van der Waals surface area contributed by atoms with Gasteiger partial charge in [0.05, 0.1) is 29.9 Å². The predicted molar refractivity (Wildman–Crippen MR) is 134 cm³/mol. The van der Waals surface area contributed by atoms with Crippen LogP contribution < -0.4 is 4.74 Å². The van der Waals surface area contributed by atoms with E-state index in [1.54, 1.807) is 17.9 Å². The molecule has 0 atom stereocenters. The van der Waals surface area contributed by atoms with Crippen molar-refractivity contribution in [1.29, 1.82) is 0 Å². The average molecular weight is 468 g/mol. The van der Waals surface area contributed by atoms with Crippen LogP contribution in [-0.4, -0.2) is 32.9 Å².